The summed E-state index contributed by atoms with van der Waals surface area (Å²) in [5.74, 6) is -1.44. The molecule has 0 saturated carbocycles. The van der Waals surface area contributed by atoms with E-state index >= 15 is 0 Å². The van der Waals surface area contributed by atoms with E-state index in [1.54, 1.807) is 22.8 Å². The average molecular weight is 375 g/mol. The average Bonchev–Trinajstić information content (AvgIpc) is 2.90. The van der Waals surface area contributed by atoms with Gasteiger partial charge in [0.25, 0.3) is 5.91 Å². The molecule has 0 fully saturated rings. The summed E-state index contributed by atoms with van der Waals surface area (Å²) < 4.78 is 2.45. The molecule has 5 nitrogen and oxygen atoms in total. The summed E-state index contributed by atoms with van der Waals surface area (Å²) in [6.07, 6.45) is 0.876. The van der Waals surface area contributed by atoms with Crippen molar-refractivity contribution in [1.82, 2.24) is 4.57 Å². The molecule has 1 heterocycles. The molecule has 3 rings (SSSR count). The van der Waals surface area contributed by atoms with E-state index in [1.165, 1.54) is 17.4 Å². The lowest BCUT2D eigenvalue weighted by molar-refractivity contribution is -0.137. The molecule has 0 aliphatic heterocycles. The van der Waals surface area contributed by atoms with Crippen molar-refractivity contribution in [2.45, 2.75) is 19.9 Å². The number of benzene rings is 2. The second-order valence-electron chi connectivity index (χ2n) is 5.45. The number of carboxylic acid groups (broad SMARTS) is 1. The Kier molecular flexibility index (Phi) is 5.01. The van der Waals surface area contributed by atoms with Gasteiger partial charge >= 0.3 is 5.97 Å². The first-order valence-corrected chi connectivity index (χ1v) is 8.86. The Labute approximate surface area is 152 Å². The first kappa shape index (κ1) is 17.4. The van der Waals surface area contributed by atoms with E-state index < -0.39 is 11.9 Å². The van der Waals surface area contributed by atoms with Crippen LogP contribution in [0, 0.1) is 0 Å². The molecular weight excluding hydrogens is 360 g/mol. The fourth-order valence-corrected chi connectivity index (χ4v) is 3.77. The minimum Gasteiger partial charge on any atom is -0.480 e. The molecule has 1 amide bonds. The lowest BCUT2D eigenvalue weighted by Gasteiger charge is -2.02. The predicted molar refractivity (Wildman–Crippen MR) is 98.2 cm³/mol. The van der Waals surface area contributed by atoms with Gasteiger partial charge in [-0.05, 0) is 42.3 Å². The first-order chi connectivity index (χ1) is 12.0. The summed E-state index contributed by atoms with van der Waals surface area (Å²) in [7, 11) is 0. The van der Waals surface area contributed by atoms with Crippen LogP contribution in [0.2, 0.25) is 5.02 Å². The zero-order chi connectivity index (χ0) is 18.0. The molecule has 25 heavy (non-hydrogen) atoms. The number of nitrogens with zero attached hydrogens (tertiary/aromatic N) is 2. The molecule has 128 valence electrons. The van der Waals surface area contributed by atoms with Crippen molar-refractivity contribution in [3.63, 3.8) is 0 Å². The van der Waals surface area contributed by atoms with E-state index in [2.05, 4.69) is 4.99 Å². The molecule has 0 unspecified atom stereocenters. The normalized spacial score (nSPS) is 11.8. The fourth-order valence-electron chi connectivity index (χ4n) is 2.48. The van der Waals surface area contributed by atoms with Crippen LogP contribution in [0.4, 0.5) is 0 Å². The topological polar surface area (TPSA) is 71.7 Å². The molecule has 1 N–H and O–H groups in total. The van der Waals surface area contributed by atoms with Crippen molar-refractivity contribution >= 4 is 45.0 Å². The molecule has 3 aromatic rings. The van der Waals surface area contributed by atoms with Crippen LogP contribution in [-0.2, 0) is 17.8 Å². The number of hydrogen-bond donors (Lipinski definition) is 1. The molecule has 0 aliphatic rings. The van der Waals surface area contributed by atoms with E-state index in [0.29, 0.717) is 15.4 Å². The van der Waals surface area contributed by atoms with Crippen LogP contribution in [0.5, 0.6) is 0 Å². The molecule has 0 aliphatic carbocycles. The SMILES string of the molecule is CCc1ccc2c(c1)s/c(=N\C(=O)c1cccc(Cl)c1)n2CC(=O)O. The third-order valence-electron chi connectivity index (χ3n) is 3.72. The highest BCUT2D eigenvalue weighted by Crippen LogP contribution is 2.20. The minimum absolute atomic E-state index is 0.257. The summed E-state index contributed by atoms with van der Waals surface area (Å²) in [6, 6.07) is 12.3. The number of halogens is 1. The molecule has 7 heteroatoms. The number of aliphatic carboxylic acids is 1. The van der Waals surface area contributed by atoms with Gasteiger partial charge in [0, 0.05) is 10.6 Å². The second kappa shape index (κ2) is 7.21. The number of rotatable bonds is 4. The standard InChI is InChI=1S/C18H15ClN2O3S/c1-2-11-6-7-14-15(8-11)25-18(21(14)10-16(22)23)20-17(24)12-4-3-5-13(19)9-12/h3-9H,2,10H2,1H3,(H,22,23)/b20-18-. The molecule has 0 atom stereocenters. The van der Waals surface area contributed by atoms with E-state index in [9.17, 15) is 14.7 Å². The summed E-state index contributed by atoms with van der Waals surface area (Å²) in [5.41, 5.74) is 2.26. The summed E-state index contributed by atoms with van der Waals surface area (Å²) >= 11 is 7.22. The third kappa shape index (κ3) is 3.81. The van der Waals surface area contributed by atoms with Crippen molar-refractivity contribution in [2.24, 2.45) is 4.99 Å². The Bertz CT molecular complexity index is 1040. The maximum Gasteiger partial charge on any atom is 0.323 e. The molecule has 0 bridgehead atoms. The van der Waals surface area contributed by atoms with Gasteiger partial charge in [-0.15, -0.1) is 0 Å². The van der Waals surface area contributed by atoms with Gasteiger partial charge in [0.05, 0.1) is 10.2 Å². The number of fused-ring (bicyclic) bond motifs is 1. The van der Waals surface area contributed by atoms with Crippen molar-refractivity contribution < 1.29 is 14.7 Å². The molecular formula is C18H15ClN2O3S. The number of aryl methyl sites for hydroxylation is 1. The smallest absolute Gasteiger partial charge is 0.323 e. The zero-order valence-electron chi connectivity index (χ0n) is 13.4. The highest BCUT2D eigenvalue weighted by atomic mass is 35.5. The van der Waals surface area contributed by atoms with Crippen LogP contribution in [0.15, 0.2) is 47.5 Å². The van der Waals surface area contributed by atoms with Crippen LogP contribution in [0.1, 0.15) is 22.8 Å². The fraction of sp³-hybridized carbons (Fsp3) is 0.167. The Morgan fingerprint density at radius 2 is 2.04 bits per heavy atom. The highest BCUT2D eigenvalue weighted by Gasteiger charge is 2.12. The molecule has 1 aromatic heterocycles. The van der Waals surface area contributed by atoms with Gasteiger partial charge in [-0.3, -0.25) is 9.59 Å². The summed E-state index contributed by atoms with van der Waals surface area (Å²) in [6.45, 7) is 1.79. The van der Waals surface area contributed by atoms with Gasteiger partial charge in [-0.25, -0.2) is 0 Å². The second-order valence-corrected chi connectivity index (χ2v) is 6.89. The number of thiazole rings is 1. The summed E-state index contributed by atoms with van der Waals surface area (Å²) in [5, 5.41) is 9.64. The third-order valence-corrected chi connectivity index (χ3v) is 4.99. The van der Waals surface area contributed by atoms with Gasteiger partial charge in [-0.2, -0.15) is 4.99 Å². The minimum atomic E-state index is -0.990. The van der Waals surface area contributed by atoms with Gasteiger partial charge in [0.1, 0.15) is 6.54 Å². The molecule has 2 aromatic carbocycles. The number of carboxylic acids is 1. The van der Waals surface area contributed by atoms with E-state index in [-0.39, 0.29) is 6.54 Å². The van der Waals surface area contributed by atoms with Gasteiger partial charge in [0.15, 0.2) is 4.80 Å². The van der Waals surface area contributed by atoms with Crippen molar-refractivity contribution in [2.75, 3.05) is 0 Å². The molecule has 0 spiro atoms. The number of carbonyl (C=O) groups excluding carboxylic acids is 1. The van der Waals surface area contributed by atoms with Crippen LogP contribution < -0.4 is 4.80 Å². The predicted octanol–water partition coefficient (Wildman–Crippen LogP) is 3.74. The van der Waals surface area contributed by atoms with E-state index in [4.69, 9.17) is 11.6 Å². The van der Waals surface area contributed by atoms with Crippen molar-refractivity contribution in [1.29, 1.82) is 0 Å². The van der Waals surface area contributed by atoms with Crippen molar-refractivity contribution in [3.05, 3.63) is 63.4 Å². The maximum atomic E-state index is 12.4. The Hall–Kier alpha value is -2.44. The van der Waals surface area contributed by atoms with Gasteiger partial charge in [0.2, 0.25) is 0 Å². The Balaban J connectivity index is 2.16. The summed E-state index contributed by atoms with van der Waals surface area (Å²) in [4.78, 5) is 28.1. The zero-order valence-corrected chi connectivity index (χ0v) is 15.0. The van der Waals surface area contributed by atoms with Crippen LogP contribution in [-0.4, -0.2) is 21.6 Å². The van der Waals surface area contributed by atoms with Crippen LogP contribution >= 0.6 is 22.9 Å². The van der Waals surface area contributed by atoms with Crippen LogP contribution in [0.3, 0.4) is 0 Å². The first-order valence-electron chi connectivity index (χ1n) is 7.66. The molecule has 0 saturated heterocycles. The lowest BCUT2D eigenvalue weighted by atomic mass is 10.2. The van der Waals surface area contributed by atoms with Crippen molar-refractivity contribution in [3.8, 4) is 0 Å². The quantitative estimate of drug-likeness (QED) is 0.756. The molecule has 0 radical (unpaired) electrons. The van der Waals surface area contributed by atoms with Gasteiger partial charge in [-0.1, -0.05) is 42.0 Å². The maximum absolute atomic E-state index is 12.4. The highest BCUT2D eigenvalue weighted by molar-refractivity contribution is 7.16. The Morgan fingerprint density at radius 1 is 1.24 bits per heavy atom. The number of amides is 1. The van der Waals surface area contributed by atoms with Gasteiger partial charge < -0.3 is 9.67 Å². The number of aromatic nitrogens is 1. The number of carbonyl (C=O) groups is 2. The van der Waals surface area contributed by atoms with Crippen LogP contribution in [0.25, 0.3) is 10.2 Å². The number of hydrogen-bond acceptors (Lipinski definition) is 3. The monoisotopic (exact) mass is 374 g/mol. The lowest BCUT2D eigenvalue weighted by Crippen LogP contribution is -2.21. The largest absolute Gasteiger partial charge is 0.480 e. The van der Waals surface area contributed by atoms with E-state index in [1.807, 2.05) is 25.1 Å². The Morgan fingerprint density at radius 3 is 2.72 bits per heavy atom. The van der Waals surface area contributed by atoms with E-state index in [0.717, 1.165) is 22.2 Å².